The normalized spacial score (nSPS) is 20.7. The van der Waals surface area contributed by atoms with Crippen molar-refractivity contribution in [3.63, 3.8) is 0 Å². The molecule has 0 atom stereocenters. The van der Waals surface area contributed by atoms with Crippen molar-refractivity contribution in [3.8, 4) is 11.5 Å². The maximum absolute atomic E-state index is 10.1. The first-order chi connectivity index (χ1) is 7.23. The summed E-state index contributed by atoms with van der Waals surface area (Å²) < 4.78 is 10.8. The second kappa shape index (κ2) is 2.89. The predicted molar refractivity (Wildman–Crippen MR) is 55.3 cm³/mol. The molecule has 1 aliphatic carbocycles. The van der Waals surface area contributed by atoms with Crippen molar-refractivity contribution in [3.05, 3.63) is 23.3 Å². The summed E-state index contributed by atoms with van der Waals surface area (Å²) in [5.74, 6) is 1.70. The molecule has 1 saturated carbocycles. The molecule has 1 aromatic rings. The zero-order valence-electron chi connectivity index (χ0n) is 8.75. The molecule has 0 saturated heterocycles. The number of benzene rings is 1. The molecule has 1 aliphatic heterocycles. The highest BCUT2D eigenvalue weighted by Crippen LogP contribution is 2.50. The smallest absolute Gasteiger partial charge is 0.125 e. The summed E-state index contributed by atoms with van der Waals surface area (Å²) in [5, 5.41) is 10.1. The van der Waals surface area contributed by atoms with E-state index in [9.17, 15) is 5.11 Å². The van der Waals surface area contributed by atoms with Gasteiger partial charge in [0.1, 0.15) is 11.5 Å². The number of methoxy groups -OCH3 is 1. The minimum Gasteiger partial charge on any atom is -0.496 e. The van der Waals surface area contributed by atoms with Crippen molar-refractivity contribution in [1.29, 1.82) is 0 Å². The zero-order valence-corrected chi connectivity index (χ0v) is 8.75. The summed E-state index contributed by atoms with van der Waals surface area (Å²) in [4.78, 5) is 0. The first-order valence-electron chi connectivity index (χ1n) is 5.29. The van der Waals surface area contributed by atoms with Crippen molar-refractivity contribution in [1.82, 2.24) is 0 Å². The first-order valence-corrected chi connectivity index (χ1v) is 5.29. The van der Waals surface area contributed by atoms with E-state index in [-0.39, 0.29) is 0 Å². The van der Waals surface area contributed by atoms with E-state index in [1.54, 1.807) is 7.11 Å². The molecular formula is C12H14O3. The SMILES string of the molecule is COc1cc2c(cc1C1(O)CC1)OCC2. The lowest BCUT2D eigenvalue weighted by molar-refractivity contribution is 0.147. The van der Waals surface area contributed by atoms with Crippen LogP contribution < -0.4 is 9.47 Å². The van der Waals surface area contributed by atoms with Gasteiger partial charge in [-0.05, 0) is 25.0 Å². The lowest BCUT2D eigenvalue weighted by atomic mass is 10.0. The van der Waals surface area contributed by atoms with Crippen LogP contribution >= 0.6 is 0 Å². The van der Waals surface area contributed by atoms with E-state index in [0.29, 0.717) is 0 Å². The largest absolute Gasteiger partial charge is 0.496 e. The quantitative estimate of drug-likeness (QED) is 0.799. The van der Waals surface area contributed by atoms with Crippen LogP contribution in [-0.4, -0.2) is 18.8 Å². The molecule has 0 unspecified atom stereocenters. The molecule has 80 valence electrons. The van der Waals surface area contributed by atoms with Gasteiger partial charge in [-0.1, -0.05) is 0 Å². The molecule has 2 aliphatic rings. The van der Waals surface area contributed by atoms with Gasteiger partial charge in [-0.3, -0.25) is 0 Å². The second-order valence-electron chi connectivity index (χ2n) is 4.29. The topological polar surface area (TPSA) is 38.7 Å². The summed E-state index contributed by atoms with van der Waals surface area (Å²) in [6.07, 6.45) is 2.58. The Morgan fingerprint density at radius 2 is 2.20 bits per heavy atom. The molecule has 1 heterocycles. The summed E-state index contributed by atoms with van der Waals surface area (Å²) in [5.41, 5.74) is 1.40. The van der Waals surface area contributed by atoms with Crippen molar-refractivity contribution in [2.24, 2.45) is 0 Å². The molecule has 3 heteroatoms. The maximum atomic E-state index is 10.1. The Bertz CT molecular complexity index is 408. The van der Waals surface area contributed by atoms with Gasteiger partial charge in [0.2, 0.25) is 0 Å². The van der Waals surface area contributed by atoms with Crippen LogP contribution in [0.25, 0.3) is 0 Å². The molecule has 0 spiro atoms. The van der Waals surface area contributed by atoms with Crippen molar-refractivity contribution in [2.45, 2.75) is 24.9 Å². The van der Waals surface area contributed by atoms with Crippen LogP contribution in [0.5, 0.6) is 11.5 Å². The third-order valence-corrected chi connectivity index (χ3v) is 3.24. The Morgan fingerprint density at radius 3 is 2.87 bits per heavy atom. The summed E-state index contributed by atoms with van der Waals surface area (Å²) >= 11 is 0. The Kier molecular flexibility index (Phi) is 1.74. The molecule has 15 heavy (non-hydrogen) atoms. The van der Waals surface area contributed by atoms with E-state index in [1.807, 2.05) is 12.1 Å². The first kappa shape index (κ1) is 9.04. The van der Waals surface area contributed by atoms with Gasteiger partial charge in [0.25, 0.3) is 0 Å². The van der Waals surface area contributed by atoms with Crippen LogP contribution in [0.1, 0.15) is 24.0 Å². The number of fused-ring (bicyclic) bond motifs is 1. The highest BCUT2D eigenvalue weighted by molar-refractivity contribution is 5.51. The van der Waals surface area contributed by atoms with E-state index < -0.39 is 5.60 Å². The van der Waals surface area contributed by atoms with E-state index in [0.717, 1.165) is 42.9 Å². The summed E-state index contributed by atoms with van der Waals surface area (Å²) in [6, 6.07) is 3.93. The van der Waals surface area contributed by atoms with Gasteiger partial charge in [-0.25, -0.2) is 0 Å². The third kappa shape index (κ3) is 1.30. The number of hydrogen-bond acceptors (Lipinski definition) is 3. The lowest BCUT2D eigenvalue weighted by Gasteiger charge is -2.14. The van der Waals surface area contributed by atoms with Gasteiger partial charge in [0.05, 0.1) is 19.3 Å². The van der Waals surface area contributed by atoms with E-state index in [2.05, 4.69) is 0 Å². The van der Waals surface area contributed by atoms with Crippen molar-refractivity contribution in [2.75, 3.05) is 13.7 Å². The third-order valence-electron chi connectivity index (χ3n) is 3.24. The average Bonchev–Trinajstić information content (AvgIpc) is 2.83. The Balaban J connectivity index is 2.12. The fourth-order valence-corrected chi connectivity index (χ4v) is 2.12. The molecule has 0 bridgehead atoms. The molecule has 1 N–H and O–H groups in total. The second-order valence-corrected chi connectivity index (χ2v) is 4.29. The van der Waals surface area contributed by atoms with Crippen molar-refractivity contribution < 1.29 is 14.6 Å². The molecule has 0 amide bonds. The fourth-order valence-electron chi connectivity index (χ4n) is 2.12. The average molecular weight is 206 g/mol. The zero-order chi connectivity index (χ0) is 10.5. The van der Waals surface area contributed by atoms with Gasteiger partial charge >= 0.3 is 0 Å². The molecule has 3 rings (SSSR count). The molecule has 0 aromatic heterocycles. The Labute approximate surface area is 88.6 Å². The Morgan fingerprint density at radius 1 is 1.40 bits per heavy atom. The highest BCUT2D eigenvalue weighted by Gasteiger charge is 2.45. The monoisotopic (exact) mass is 206 g/mol. The van der Waals surface area contributed by atoms with Crippen LogP contribution in [0.4, 0.5) is 0 Å². The molecule has 1 aromatic carbocycles. The summed E-state index contributed by atoms with van der Waals surface area (Å²) in [6.45, 7) is 0.736. The molecule has 0 radical (unpaired) electrons. The number of hydrogen-bond donors (Lipinski definition) is 1. The minimum atomic E-state index is -0.660. The molecule has 3 nitrogen and oxygen atoms in total. The van der Waals surface area contributed by atoms with Crippen LogP contribution in [0.3, 0.4) is 0 Å². The molecule has 1 fully saturated rings. The predicted octanol–water partition coefficient (Wildman–Crippen LogP) is 1.61. The Hall–Kier alpha value is -1.22. The summed E-state index contributed by atoms with van der Waals surface area (Å²) in [7, 11) is 1.65. The van der Waals surface area contributed by atoms with Crippen LogP contribution in [0.2, 0.25) is 0 Å². The maximum Gasteiger partial charge on any atom is 0.125 e. The molecular weight excluding hydrogens is 192 g/mol. The fraction of sp³-hybridized carbons (Fsp3) is 0.500. The van der Waals surface area contributed by atoms with Crippen LogP contribution in [-0.2, 0) is 12.0 Å². The van der Waals surface area contributed by atoms with Gasteiger partial charge in [0.15, 0.2) is 0 Å². The van der Waals surface area contributed by atoms with Crippen molar-refractivity contribution >= 4 is 0 Å². The van der Waals surface area contributed by atoms with E-state index in [4.69, 9.17) is 9.47 Å². The van der Waals surface area contributed by atoms with Crippen LogP contribution in [0, 0.1) is 0 Å². The minimum absolute atomic E-state index is 0.660. The van der Waals surface area contributed by atoms with Gasteiger partial charge in [0, 0.05) is 17.5 Å². The number of rotatable bonds is 2. The van der Waals surface area contributed by atoms with Gasteiger partial charge in [-0.15, -0.1) is 0 Å². The number of aliphatic hydroxyl groups is 1. The van der Waals surface area contributed by atoms with Crippen LogP contribution in [0.15, 0.2) is 12.1 Å². The van der Waals surface area contributed by atoms with Gasteiger partial charge < -0.3 is 14.6 Å². The van der Waals surface area contributed by atoms with E-state index >= 15 is 0 Å². The standard InChI is InChI=1S/C12H14O3/c1-14-11-6-8-2-5-15-10(8)7-9(11)12(13)3-4-12/h6-7,13H,2-5H2,1H3. The van der Waals surface area contributed by atoms with Gasteiger partial charge in [-0.2, -0.15) is 0 Å². The highest BCUT2D eigenvalue weighted by atomic mass is 16.5. The lowest BCUT2D eigenvalue weighted by Crippen LogP contribution is -2.07. The van der Waals surface area contributed by atoms with E-state index in [1.165, 1.54) is 5.56 Å². The number of ether oxygens (including phenoxy) is 2.